The Hall–Kier alpha value is -8.42. The highest BCUT2D eigenvalue weighted by molar-refractivity contribution is 6.33. The third kappa shape index (κ3) is 28.7. The Morgan fingerprint density at radius 3 is 1.16 bits per heavy atom. The minimum absolute atomic E-state index is 0.308. The van der Waals surface area contributed by atoms with E-state index in [0.29, 0.717) is 21.4 Å². The van der Waals surface area contributed by atoms with Gasteiger partial charge in [-0.15, -0.1) is 0 Å². The highest BCUT2D eigenvalue weighted by Gasteiger charge is 2.17. The molecule has 83 heavy (non-hydrogen) atoms. The number of methoxy groups -OCH3 is 3. The molecule has 5 aromatic carbocycles. The fourth-order valence-electron chi connectivity index (χ4n) is 6.04. The first-order valence-electron chi connectivity index (χ1n) is 25.2. The van der Waals surface area contributed by atoms with Gasteiger partial charge in [0.15, 0.2) is 30.2 Å². The van der Waals surface area contributed by atoms with Crippen LogP contribution in [-0.4, -0.2) is 206 Å². The van der Waals surface area contributed by atoms with Crippen molar-refractivity contribution in [2.45, 2.75) is 30.2 Å². The molecule has 0 saturated carbocycles. The fourth-order valence-corrected chi connectivity index (χ4v) is 6.43. The van der Waals surface area contributed by atoms with Crippen LogP contribution < -0.4 is 40.8 Å². The molecule has 0 heterocycles. The maximum Gasteiger partial charge on any atom is 0.246 e. The third-order valence-electron chi connectivity index (χ3n) is 10.7. The van der Waals surface area contributed by atoms with Crippen molar-refractivity contribution in [3.63, 3.8) is 0 Å². The number of hydrogen-bond donors (Lipinski definition) is 10. The molecule has 25 heteroatoms. The molecule has 448 valence electrons. The van der Waals surface area contributed by atoms with Crippen LogP contribution in [0.2, 0.25) is 10.0 Å². The molecule has 0 aliphatic carbocycles. The predicted molar refractivity (Wildman–Crippen MR) is 325 cm³/mol. The first kappa shape index (κ1) is 72.6. The number of hydrogen-bond acceptors (Lipinski definition) is 18. The highest BCUT2D eigenvalue weighted by Crippen LogP contribution is 2.16. The van der Waals surface area contributed by atoms with E-state index in [0.717, 1.165) is 33.8 Å². The van der Waals surface area contributed by atoms with E-state index in [9.17, 15) is 24.0 Å². The molecule has 5 atom stereocenters. The Morgan fingerprint density at radius 1 is 0.410 bits per heavy atom. The second-order valence-corrected chi connectivity index (χ2v) is 17.2. The summed E-state index contributed by atoms with van der Waals surface area (Å²) in [6, 6.07) is 32.2. The van der Waals surface area contributed by atoms with Crippen LogP contribution in [-0.2, 0) is 24.0 Å². The van der Waals surface area contributed by atoms with Gasteiger partial charge in [0.25, 0.3) is 0 Å². The molecular formula is C58H74Cl2N10O13. The Bertz CT molecular complexity index is 2880. The number of carbonyl (C=O) groups is 5. The third-order valence-corrected chi connectivity index (χ3v) is 11.3. The van der Waals surface area contributed by atoms with Gasteiger partial charge < -0.3 is 66.3 Å². The molecule has 0 aliphatic rings. The molecule has 0 saturated heterocycles. The normalized spacial score (nSPS) is 12.5. The molecule has 0 radical (unpaired) electrons. The lowest BCUT2D eigenvalue weighted by Gasteiger charge is -2.07. The lowest BCUT2D eigenvalue weighted by atomic mass is 10.2. The number of amides is 5. The molecular weight excluding hydrogens is 1120 g/mol. The average Bonchev–Trinajstić information content (AvgIpc) is 3.54. The van der Waals surface area contributed by atoms with Crippen LogP contribution in [0.1, 0.15) is 27.8 Å². The number of likely N-dealkylation sites (N-methyl/N-ethyl adjacent to an activating group) is 5. The van der Waals surface area contributed by atoms with Crippen LogP contribution in [0, 0.1) is 0 Å². The maximum absolute atomic E-state index is 11.3. The van der Waals surface area contributed by atoms with Gasteiger partial charge in [0, 0.05) is 87.5 Å². The number of nitrogens with zero attached hydrogens (tertiary/aromatic N) is 5. The summed E-state index contributed by atoms with van der Waals surface area (Å²) in [5.74, 6) is 0.556. The molecule has 0 bridgehead atoms. The van der Waals surface area contributed by atoms with Gasteiger partial charge in [0.2, 0.25) is 29.5 Å². The number of benzene rings is 5. The van der Waals surface area contributed by atoms with Crippen LogP contribution in [0.3, 0.4) is 0 Å². The van der Waals surface area contributed by atoms with E-state index < -0.39 is 30.2 Å². The SMILES string of the molecule is CNC(=O)[C@H](CO)N=Cc1ccc(OC)cc1.CNC(=O)[C@H](CO)N=Cc1cccc(Cl)c1.CNC(=O)[C@H](CO)N=Cc1cccc(OC)c1.CNC(=O)[C@H](CO)N=Cc1ccccc1Cl.CNC(=O)[C@H](CO)N=Cc1ccccc1OC. The number of aliphatic imine (C=N–C) groups is 5. The van der Waals surface area contributed by atoms with Gasteiger partial charge in [0.1, 0.15) is 17.2 Å². The van der Waals surface area contributed by atoms with Gasteiger partial charge in [-0.3, -0.25) is 48.9 Å². The van der Waals surface area contributed by atoms with Crippen molar-refractivity contribution in [1.82, 2.24) is 26.6 Å². The zero-order valence-electron chi connectivity index (χ0n) is 47.4. The topological polar surface area (TPSA) is 336 Å². The molecule has 23 nitrogen and oxygen atoms in total. The zero-order chi connectivity index (χ0) is 62.0. The molecule has 0 aliphatic heterocycles. The fraction of sp³-hybridized carbons (Fsp3) is 0.310. The van der Waals surface area contributed by atoms with E-state index in [1.54, 1.807) is 88.4 Å². The van der Waals surface area contributed by atoms with E-state index in [2.05, 4.69) is 51.5 Å². The molecule has 0 fully saturated rings. The number of aliphatic hydroxyl groups excluding tert-OH is 5. The van der Waals surface area contributed by atoms with Crippen molar-refractivity contribution in [2.24, 2.45) is 25.0 Å². The van der Waals surface area contributed by atoms with Gasteiger partial charge in [-0.1, -0.05) is 77.8 Å². The van der Waals surface area contributed by atoms with E-state index in [-0.39, 0.29) is 62.6 Å². The predicted octanol–water partition coefficient (Wildman–Crippen LogP) is 2.39. The van der Waals surface area contributed by atoms with Gasteiger partial charge in [-0.25, -0.2) is 0 Å². The number of carbonyl (C=O) groups excluding carboxylic acids is 5. The van der Waals surface area contributed by atoms with Crippen molar-refractivity contribution in [3.8, 4) is 17.2 Å². The Kier molecular flexibility index (Phi) is 37.9. The van der Waals surface area contributed by atoms with E-state index in [4.69, 9.17) is 62.9 Å². The monoisotopic (exact) mass is 1190 g/mol. The Balaban J connectivity index is 0.000000519. The van der Waals surface area contributed by atoms with Crippen molar-refractivity contribution in [1.29, 1.82) is 0 Å². The molecule has 0 spiro atoms. The number of halogens is 2. The lowest BCUT2D eigenvalue weighted by molar-refractivity contribution is -0.123. The molecule has 5 amide bonds. The standard InChI is InChI=1S/3C12H16N2O3.2C11H13ClN2O2/c1-13-12(16)11(8-15)14-7-9-3-5-10(17-2)6-4-9;1-13-12(16)11(8-15)14-7-9-4-3-5-10(6-9)17-2;1-13-12(16)10(8-15)14-7-9-5-3-4-6-11(9)17-2;1-13-11(16)10(7-15)14-6-8-3-2-4-9(12)5-8;1-13-11(16)10(7-15)14-6-8-4-2-3-5-9(8)12/h2*3-7,11,15H,8H2,1-2H3,(H,13,16);3-7,10,15H,8H2,1-2H3,(H,13,16);2*2-6,10,15H,7H2,1H3,(H,13,16)/t2*11-;3*10-/m00000/s1. The van der Waals surface area contributed by atoms with E-state index in [1.165, 1.54) is 53.9 Å². The smallest absolute Gasteiger partial charge is 0.246 e. The maximum atomic E-state index is 11.3. The van der Waals surface area contributed by atoms with Crippen LogP contribution in [0.25, 0.3) is 0 Å². The summed E-state index contributed by atoms with van der Waals surface area (Å²) in [4.78, 5) is 76.3. The number of nitrogens with one attached hydrogen (secondary N) is 5. The van der Waals surface area contributed by atoms with Crippen LogP contribution >= 0.6 is 23.2 Å². The van der Waals surface area contributed by atoms with Crippen molar-refractivity contribution in [2.75, 3.05) is 89.6 Å². The van der Waals surface area contributed by atoms with Crippen LogP contribution in [0.5, 0.6) is 17.2 Å². The quantitative estimate of drug-likeness (QED) is 0.0421. The summed E-state index contributed by atoms with van der Waals surface area (Å²) in [7, 11) is 12.3. The Morgan fingerprint density at radius 2 is 0.771 bits per heavy atom. The summed E-state index contributed by atoms with van der Waals surface area (Å²) >= 11 is 11.7. The molecule has 10 N–H and O–H groups in total. The van der Waals surface area contributed by atoms with Crippen molar-refractivity contribution in [3.05, 3.63) is 159 Å². The van der Waals surface area contributed by atoms with Gasteiger partial charge in [0.05, 0.1) is 54.4 Å². The summed E-state index contributed by atoms with van der Waals surface area (Å²) < 4.78 is 15.2. The summed E-state index contributed by atoms with van der Waals surface area (Å²) in [6.45, 7) is -1.62. The Labute approximate surface area is 493 Å². The highest BCUT2D eigenvalue weighted by atomic mass is 35.5. The first-order chi connectivity index (χ1) is 40.0. The van der Waals surface area contributed by atoms with Crippen molar-refractivity contribution < 1.29 is 63.7 Å². The number of para-hydroxylation sites is 1. The van der Waals surface area contributed by atoms with Crippen LogP contribution in [0.4, 0.5) is 0 Å². The number of aliphatic hydroxyl groups is 5. The molecule has 0 unspecified atom stereocenters. The second-order valence-electron chi connectivity index (χ2n) is 16.3. The summed E-state index contributed by atoms with van der Waals surface area (Å²) in [5.41, 5.74) is 3.92. The lowest BCUT2D eigenvalue weighted by Crippen LogP contribution is -2.33. The van der Waals surface area contributed by atoms with Crippen LogP contribution in [0.15, 0.2) is 146 Å². The summed E-state index contributed by atoms with van der Waals surface area (Å²) in [5, 5.41) is 58.3. The number of ether oxygens (including phenoxy) is 3. The average molecular weight is 1190 g/mol. The minimum Gasteiger partial charge on any atom is -0.497 e. The summed E-state index contributed by atoms with van der Waals surface area (Å²) in [6.07, 6.45) is 7.61. The number of rotatable bonds is 23. The largest absolute Gasteiger partial charge is 0.497 e. The minimum atomic E-state index is -0.790. The van der Waals surface area contributed by atoms with Gasteiger partial charge in [-0.2, -0.15) is 0 Å². The second kappa shape index (κ2) is 43.3. The molecule has 5 aromatic rings. The zero-order valence-corrected chi connectivity index (χ0v) is 48.9. The first-order valence-corrected chi connectivity index (χ1v) is 26.0. The van der Waals surface area contributed by atoms with Gasteiger partial charge in [-0.05, 0) is 83.4 Å². The molecule has 0 aromatic heterocycles. The van der Waals surface area contributed by atoms with E-state index in [1.807, 2.05) is 66.7 Å². The van der Waals surface area contributed by atoms with E-state index >= 15 is 0 Å². The molecule has 5 rings (SSSR count). The van der Waals surface area contributed by atoms with Crippen molar-refractivity contribution >= 4 is 83.8 Å². The van der Waals surface area contributed by atoms with Gasteiger partial charge >= 0.3 is 0 Å².